The highest BCUT2D eigenvalue weighted by atomic mass is 16.5. The molecule has 1 aromatic carbocycles. The third-order valence-electron chi connectivity index (χ3n) is 3.12. The van der Waals surface area contributed by atoms with Crippen LogP contribution >= 0.6 is 0 Å². The van der Waals surface area contributed by atoms with Gasteiger partial charge in [-0.1, -0.05) is 30.3 Å². The van der Waals surface area contributed by atoms with Crippen LogP contribution in [-0.4, -0.2) is 5.97 Å². The van der Waals surface area contributed by atoms with Crippen molar-refractivity contribution in [2.75, 3.05) is 0 Å². The summed E-state index contributed by atoms with van der Waals surface area (Å²) >= 11 is 0. The third-order valence-corrected chi connectivity index (χ3v) is 3.12. The summed E-state index contributed by atoms with van der Waals surface area (Å²) in [5, 5.41) is 0. The summed E-state index contributed by atoms with van der Waals surface area (Å²) in [5.74, 6) is 0.634. The molecule has 1 atom stereocenters. The van der Waals surface area contributed by atoms with E-state index in [0.29, 0.717) is 5.76 Å². The first kappa shape index (κ1) is 10.9. The molecule has 1 heterocycles. The molecule has 1 aliphatic rings. The molecule has 0 fully saturated rings. The number of allylic oxidation sites excluding steroid dienone is 2. The van der Waals surface area contributed by atoms with Crippen molar-refractivity contribution >= 4 is 5.97 Å². The highest BCUT2D eigenvalue weighted by Gasteiger charge is 2.41. The van der Waals surface area contributed by atoms with Crippen molar-refractivity contribution < 1.29 is 9.53 Å². The van der Waals surface area contributed by atoms with Crippen LogP contribution in [0.25, 0.3) is 0 Å². The first-order valence-electron chi connectivity index (χ1n) is 5.47. The Balaban J connectivity index is 2.46. The van der Waals surface area contributed by atoms with Crippen molar-refractivity contribution in [2.45, 2.75) is 26.7 Å². The first-order chi connectivity index (χ1) is 7.51. The molecule has 1 aliphatic heterocycles. The average Bonchev–Trinajstić information content (AvgIpc) is 2.25. The quantitative estimate of drug-likeness (QED) is 0.673. The zero-order valence-electron chi connectivity index (χ0n) is 9.86. The van der Waals surface area contributed by atoms with Gasteiger partial charge in [-0.25, -0.2) is 0 Å². The van der Waals surface area contributed by atoms with Gasteiger partial charge in [-0.15, -0.1) is 0 Å². The number of carbonyl (C=O) groups is 1. The fourth-order valence-corrected chi connectivity index (χ4v) is 2.06. The minimum Gasteiger partial charge on any atom is -0.431 e. The van der Waals surface area contributed by atoms with Crippen LogP contribution in [0.5, 0.6) is 0 Å². The van der Waals surface area contributed by atoms with Crippen LogP contribution in [0, 0.1) is 5.41 Å². The summed E-state index contributed by atoms with van der Waals surface area (Å²) in [7, 11) is 0. The van der Waals surface area contributed by atoms with Gasteiger partial charge in [-0.3, -0.25) is 4.79 Å². The Kier molecular flexibility index (Phi) is 2.58. The van der Waals surface area contributed by atoms with E-state index in [1.807, 2.05) is 45.0 Å². The molecule has 0 saturated carbocycles. The number of carbonyl (C=O) groups excluding carboxylic acids is 1. The molecule has 2 rings (SSSR count). The number of hydrogen-bond acceptors (Lipinski definition) is 2. The third kappa shape index (κ3) is 1.75. The van der Waals surface area contributed by atoms with E-state index in [0.717, 1.165) is 5.56 Å². The predicted octanol–water partition coefficient (Wildman–Crippen LogP) is 3.26. The van der Waals surface area contributed by atoms with E-state index in [1.54, 1.807) is 0 Å². The second-order valence-electron chi connectivity index (χ2n) is 4.78. The number of esters is 1. The van der Waals surface area contributed by atoms with Crippen LogP contribution in [0.2, 0.25) is 0 Å². The van der Waals surface area contributed by atoms with Crippen LogP contribution in [0.4, 0.5) is 0 Å². The molecule has 0 aromatic heterocycles. The number of benzene rings is 1. The van der Waals surface area contributed by atoms with Crippen LogP contribution in [-0.2, 0) is 9.53 Å². The molecule has 0 spiro atoms. The maximum absolute atomic E-state index is 11.8. The largest absolute Gasteiger partial charge is 0.431 e. The molecule has 1 unspecified atom stereocenters. The normalized spacial score (nSPS) is 23.6. The average molecular weight is 216 g/mol. The Labute approximate surface area is 95.9 Å². The Morgan fingerprint density at radius 3 is 2.44 bits per heavy atom. The van der Waals surface area contributed by atoms with E-state index in [9.17, 15) is 4.79 Å². The van der Waals surface area contributed by atoms with Gasteiger partial charge >= 0.3 is 5.97 Å². The van der Waals surface area contributed by atoms with Crippen LogP contribution < -0.4 is 0 Å². The van der Waals surface area contributed by atoms with E-state index >= 15 is 0 Å². The van der Waals surface area contributed by atoms with Crippen LogP contribution in [0.15, 0.2) is 42.2 Å². The van der Waals surface area contributed by atoms with E-state index in [4.69, 9.17) is 4.74 Å². The summed E-state index contributed by atoms with van der Waals surface area (Å²) in [6, 6.07) is 10.1. The van der Waals surface area contributed by atoms with Gasteiger partial charge in [-0.05, 0) is 32.4 Å². The van der Waals surface area contributed by atoms with Crippen LogP contribution in [0.1, 0.15) is 32.3 Å². The fourth-order valence-electron chi connectivity index (χ4n) is 2.06. The smallest absolute Gasteiger partial charge is 0.317 e. The summed E-state index contributed by atoms with van der Waals surface area (Å²) in [6.45, 7) is 5.68. The standard InChI is InChI=1S/C14H16O2/c1-10-9-12(11-7-5-4-6-8-11)14(2,3)13(15)16-10/h4-9,12H,1-3H3. The minimum absolute atomic E-state index is 0.0925. The summed E-state index contributed by atoms with van der Waals surface area (Å²) < 4.78 is 5.18. The molecule has 0 saturated heterocycles. The first-order valence-corrected chi connectivity index (χ1v) is 5.47. The molecule has 0 amide bonds. The van der Waals surface area contributed by atoms with Gasteiger partial charge in [0, 0.05) is 5.92 Å². The Morgan fingerprint density at radius 1 is 1.19 bits per heavy atom. The lowest BCUT2D eigenvalue weighted by molar-refractivity contribution is -0.152. The topological polar surface area (TPSA) is 26.3 Å². The van der Waals surface area contributed by atoms with Crippen LogP contribution in [0.3, 0.4) is 0 Å². The molecule has 2 heteroatoms. The Hall–Kier alpha value is -1.57. The lowest BCUT2D eigenvalue weighted by atomic mass is 9.73. The molecule has 0 bridgehead atoms. The zero-order chi connectivity index (χ0) is 11.8. The van der Waals surface area contributed by atoms with Crippen molar-refractivity contribution in [2.24, 2.45) is 5.41 Å². The van der Waals surface area contributed by atoms with Gasteiger partial charge in [0.05, 0.1) is 5.41 Å². The van der Waals surface area contributed by atoms with Gasteiger partial charge in [0.2, 0.25) is 0 Å². The molecular weight excluding hydrogens is 200 g/mol. The second-order valence-corrected chi connectivity index (χ2v) is 4.78. The van der Waals surface area contributed by atoms with Gasteiger partial charge in [0.25, 0.3) is 0 Å². The van der Waals surface area contributed by atoms with Crippen molar-refractivity contribution in [1.82, 2.24) is 0 Å². The van der Waals surface area contributed by atoms with E-state index < -0.39 is 5.41 Å². The Morgan fingerprint density at radius 2 is 1.81 bits per heavy atom. The molecule has 0 N–H and O–H groups in total. The van der Waals surface area contributed by atoms with E-state index in [1.165, 1.54) is 0 Å². The van der Waals surface area contributed by atoms with E-state index in [2.05, 4.69) is 12.1 Å². The maximum atomic E-state index is 11.8. The van der Waals surface area contributed by atoms with E-state index in [-0.39, 0.29) is 11.9 Å². The summed E-state index contributed by atoms with van der Waals surface area (Å²) in [4.78, 5) is 11.8. The molecule has 1 aromatic rings. The van der Waals surface area contributed by atoms with Gasteiger partial charge in [0.1, 0.15) is 5.76 Å². The fraction of sp³-hybridized carbons (Fsp3) is 0.357. The monoisotopic (exact) mass is 216 g/mol. The second kappa shape index (κ2) is 3.78. The zero-order valence-corrected chi connectivity index (χ0v) is 9.86. The van der Waals surface area contributed by atoms with Crippen molar-refractivity contribution in [3.05, 3.63) is 47.7 Å². The van der Waals surface area contributed by atoms with Gasteiger partial charge < -0.3 is 4.74 Å². The number of ether oxygens (including phenoxy) is 1. The van der Waals surface area contributed by atoms with Gasteiger partial charge in [-0.2, -0.15) is 0 Å². The van der Waals surface area contributed by atoms with Crippen molar-refractivity contribution in [1.29, 1.82) is 0 Å². The number of rotatable bonds is 1. The lowest BCUT2D eigenvalue weighted by Crippen LogP contribution is -2.35. The minimum atomic E-state index is -0.499. The molecule has 0 radical (unpaired) electrons. The highest BCUT2D eigenvalue weighted by Crippen LogP contribution is 2.41. The molecular formula is C14H16O2. The summed E-state index contributed by atoms with van der Waals surface area (Å²) in [5.41, 5.74) is 0.657. The summed E-state index contributed by atoms with van der Waals surface area (Å²) in [6.07, 6.45) is 2.02. The Bertz CT molecular complexity index is 429. The lowest BCUT2D eigenvalue weighted by Gasteiger charge is -2.34. The highest BCUT2D eigenvalue weighted by molar-refractivity contribution is 5.80. The molecule has 84 valence electrons. The number of cyclic esters (lactones) is 1. The van der Waals surface area contributed by atoms with Crippen molar-refractivity contribution in [3.8, 4) is 0 Å². The predicted molar refractivity (Wildman–Crippen MR) is 62.8 cm³/mol. The number of hydrogen-bond donors (Lipinski definition) is 0. The van der Waals surface area contributed by atoms with Gasteiger partial charge in [0.15, 0.2) is 0 Å². The molecule has 0 aliphatic carbocycles. The maximum Gasteiger partial charge on any atom is 0.317 e. The van der Waals surface area contributed by atoms with Crippen molar-refractivity contribution in [3.63, 3.8) is 0 Å². The molecule has 16 heavy (non-hydrogen) atoms. The molecule has 2 nitrogen and oxygen atoms in total. The SMILES string of the molecule is CC1=CC(c2ccccc2)C(C)(C)C(=O)O1.